The van der Waals surface area contributed by atoms with Crippen LogP contribution in [0.15, 0.2) is 60.7 Å². The molecule has 1 fully saturated rings. The Hall–Kier alpha value is -2.52. The zero-order valence-corrected chi connectivity index (χ0v) is 17.1. The molecule has 150 valence electrons. The Morgan fingerprint density at radius 3 is 2.69 bits per heavy atom. The minimum atomic E-state index is -0.0337. The fraction of sp³-hybridized carbons (Fsp3) is 0.385. The summed E-state index contributed by atoms with van der Waals surface area (Å²) >= 11 is 0. The van der Waals surface area contributed by atoms with Crippen molar-refractivity contribution in [1.82, 2.24) is 5.32 Å². The molecule has 1 atom stereocenters. The molecule has 0 radical (unpaired) electrons. The van der Waals surface area contributed by atoms with Crippen LogP contribution in [0.3, 0.4) is 0 Å². The van der Waals surface area contributed by atoms with E-state index >= 15 is 0 Å². The van der Waals surface area contributed by atoms with Gasteiger partial charge in [-0.1, -0.05) is 55.0 Å². The molecule has 0 aromatic heterocycles. The van der Waals surface area contributed by atoms with Gasteiger partial charge in [0, 0.05) is 30.6 Å². The van der Waals surface area contributed by atoms with E-state index in [0.29, 0.717) is 6.04 Å². The maximum absolute atomic E-state index is 6.64. The van der Waals surface area contributed by atoms with Crippen molar-refractivity contribution in [3.8, 4) is 11.5 Å². The molecule has 1 unspecified atom stereocenters. The van der Waals surface area contributed by atoms with E-state index in [4.69, 9.17) is 9.47 Å². The van der Waals surface area contributed by atoms with Crippen LogP contribution in [0.5, 0.6) is 11.5 Å². The van der Waals surface area contributed by atoms with Crippen LogP contribution in [0, 0.1) is 0 Å². The largest absolute Gasteiger partial charge is 0.497 e. The highest BCUT2D eigenvalue weighted by molar-refractivity contribution is 5.85. The zero-order chi connectivity index (χ0) is 19.7. The van der Waals surface area contributed by atoms with Crippen molar-refractivity contribution in [2.45, 2.75) is 56.7 Å². The standard InChI is InChI=1S/C26H29NO2/c1-28-21-12-13-23-24(17-26(29-25(23)16-21)14-5-2-6-15-26)27-18-20-10-7-9-19-8-3-4-11-22(19)20/h3-4,7-13,16,24,27H,2,5-6,14-15,17-18H2,1H3. The number of ether oxygens (including phenoxy) is 2. The van der Waals surface area contributed by atoms with Gasteiger partial charge < -0.3 is 14.8 Å². The summed E-state index contributed by atoms with van der Waals surface area (Å²) < 4.78 is 12.1. The first kappa shape index (κ1) is 18.5. The number of methoxy groups -OCH3 is 1. The molecule has 3 aromatic carbocycles. The molecule has 2 aliphatic rings. The molecule has 5 rings (SSSR count). The lowest BCUT2D eigenvalue weighted by molar-refractivity contribution is -0.00306. The van der Waals surface area contributed by atoms with E-state index in [1.165, 1.54) is 41.2 Å². The summed E-state index contributed by atoms with van der Waals surface area (Å²) in [4.78, 5) is 0. The van der Waals surface area contributed by atoms with Crippen LogP contribution in [0.2, 0.25) is 0 Å². The highest BCUT2D eigenvalue weighted by Gasteiger charge is 2.41. The maximum atomic E-state index is 6.64. The monoisotopic (exact) mass is 387 g/mol. The molecule has 1 N–H and O–H groups in total. The Labute approximate surface area is 173 Å². The van der Waals surface area contributed by atoms with E-state index in [9.17, 15) is 0 Å². The summed E-state index contributed by atoms with van der Waals surface area (Å²) in [6.07, 6.45) is 7.18. The number of nitrogens with one attached hydrogen (secondary N) is 1. The number of hydrogen-bond donors (Lipinski definition) is 1. The van der Waals surface area contributed by atoms with Crippen LogP contribution in [-0.2, 0) is 6.54 Å². The van der Waals surface area contributed by atoms with E-state index in [2.05, 4.69) is 59.9 Å². The summed E-state index contributed by atoms with van der Waals surface area (Å²) in [6, 6.07) is 21.8. The highest BCUT2D eigenvalue weighted by Crippen LogP contribution is 2.47. The van der Waals surface area contributed by atoms with Crippen LogP contribution in [0.4, 0.5) is 0 Å². The molecule has 3 heteroatoms. The molecule has 1 saturated carbocycles. The van der Waals surface area contributed by atoms with Crippen molar-refractivity contribution >= 4 is 10.8 Å². The van der Waals surface area contributed by atoms with E-state index in [1.54, 1.807) is 7.11 Å². The molecule has 1 aliphatic heterocycles. The predicted molar refractivity (Wildman–Crippen MR) is 118 cm³/mol. The van der Waals surface area contributed by atoms with Gasteiger partial charge in [0.15, 0.2) is 0 Å². The van der Waals surface area contributed by atoms with Gasteiger partial charge in [-0.2, -0.15) is 0 Å². The Balaban J connectivity index is 1.45. The normalized spacial score (nSPS) is 20.2. The molecule has 3 nitrogen and oxygen atoms in total. The number of fused-ring (bicyclic) bond motifs is 2. The predicted octanol–water partition coefficient (Wildman–Crippen LogP) is 6.16. The minimum absolute atomic E-state index is 0.0337. The molecule has 0 amide bonds. The van der Waals surface area contributed by atoms with Gasteiger partial charge in [0.05, 0.1) is 7.11 Å². The van der Waals surface area contributed by atoms with Crippen molar-refractivity contribution in [2.24, 2.45) is 0 Å². The molecular formula is C26H29NO2. The molecule has 1 aliphatic carbocycles. The SMILES string of the molecule is COc1ccc2c(c1)OC1(CCCCC1)CC2NCc1cccc2ccccc12. The number of rotatable bonds is 4. The van der Waals surface area contributed by atoms with Crippen molar-refractivity contribution in [2.75, 3.05) is 7.11 Å². The van der Waals surface area contributed by atoms with Gasteiger partial charge in [-0.25, -0.2) is 0 Å². The van der Waals surface area contributed by atoms with Crippen molar-refractivity contribution in [3.63, 3.8) is 0 Å². The van der Waals surface area contributed by atoms with Crippen LogP contribution in [0.1, 0.15) is 55.7 Å². The van der Waals surface area contributed by atoms with Gasteiger partial charge in [-0.15, -0.1) is 0 Å². The average Bonchev–Trinajstić information content (AvgIpc) is 2.77. The van der Waals surface area contributed by atoms with Gasteiger partial charge in [0.25, 0.3) is 0 Å². The quantitative estimate of drug-likeness (QED) is 0.581. The average molecular weight is 388 g/mol. The van der Waals surface area contributed by atoms with E-state index < -0.39 is 0 Å². The third-order valence-corrected chi connectivity index (χ3v) is 6.68. The summed E-state index contributed by atoms with van der Waals surface area (Å²) in [5.41, 5.74) is 2.57. The maximum Gasteiger partial charge on any atom is 0.128 e. The van der Waals surface area contributed by atoms with Crippen LogP contribution < -0.4 is 14.8 Å². The van der Waals surface area contributed by atoms with E-state index in [-0.39, 0.29) is 5.60 Å². The first-order valence-electron chi connectivity index (χ1n) is 10.8. The fourth-order valence-electron chi connectivity index (χ4n) is 5.14. The highest BCUT2D eigenvalue weighted by atomic mass is 16.5. The molecule has 0 saturated heterocycles. The first-order valence-corrected chi connectivity index (χ1v) is 10.8. The van der Waals surface area contributed by atoms with Crippen LogP contribution in [-0.4, -0.2) is 12.7 Å². The Morgan fingerprint density at radius 1 is 1.00 bits per heavy atom. The third kappa shape index (κ3) is 3.60. The van der Waals surface area contributed by atoms with Crippen LogP contribution in [0.25, 0.3) is 10.8 Å². The Morgan fingerprint density at radius 2 is 1.83 bits per heavy atom. The second kappa shape index (κ2) is 7.72. The lowest BCUT2D eigenvalue weighted by Crippen LogP contribution is -2.45. The topological polar surface area (TPSA) is 30.5 Å². The smallest absolute Gasteiger partial charge is 0.128 e. The van der Waals surface area contributed by atoms with E-state index in [0.717, 1.165) is 37.3 Å². The minimum Gasteiger partial charge on any atom is -0.497 e. The summed E-state index contributed by atoms with van der Waals surface area (Å²) in [7, 11) is 1.72. The second-order valence-electron chi connectivity index (χ2n) is 8.53. The van der Waals surface area contributed by atoms with Gasteiger partial charge in [-0.3, -0.25) is 0 Å². The van der Waals surface area contributed by atoms with Crippen molar-refractivity contribution in [3.05, 3.63) is 71.8 Å². The Bertz CT molecular complexity index is 1000. The first-order chi connectivity index (χ1) is 14.3. The molecule has 1 heterocycles. The Kier molecular flexibility index (Phi) is 4.92. The van der Waals surface area contributed by atoms with Crippen molar-refractivity contribution in [1.29, 1.82) is 0 Å². The fourth-order valence-corrected chi connectivity index (χ4v) is 5.14. The molecule has 1 spiro atoms. The van der Waals surface area contributed by atoms with Crippen LogP contribution >= 0.6 is 0 Å². The second-order valence-corrected chi connectivity index (χ2v) is 8.53. The zero-order valence-electron chi connectivity index (χ0n) is 17.1. The van der Waals surface area contributed by atoms with Gasteiger partial charge in [0.1, 0.15) is 17.1 Å². The lowest BCUT2D eigenvalue weighted by Gasteiger charge is -2.45. The van der Waals surface area contributed by atoms with Gasteiger partial charge in [0.2, 0.25) is 0 Å². The van der Waals surface area contributed by atoms with Gasteiger partial charge in [-0.05, 0) is 48.1 Å². The lowest BCUT2D eigenvalue weighted by atomic mass is 9.77. The van der Waals surface area contributed by atoms with Gasteiger partial charge >= 0.3 is 0 Å². The summed E-state index contributed by atoms with van der Waals surface area (Å²) in [5.74, 6) is 1.86. The third-order valence-electron chi connectivity index (χ3n) is 6.68. The summed E-state index contributed by atoms with van der Waals surface area (Å²) in [6.45, 7) is 0.855. The van der Waals surface area contributed by atoms with Crippen molar-refractivity contribution < 1.29 is 9.47 Å². The molecular weight excluding hydrogens is 358 g/mol. The number of benzene rings is 3. The summed E-state index contributed by atoms with van der Waals surface area (Å²) in [5, 5.41) is 6.50. The molecule has 29 heavy (non-hydrogen) atoms. The number of hydrogen-bond acceptors (Lipinski definition) is 3. The molecule has 0 bridgehead atoms. The van der Waals surface area contributed by atoms with E-state index in [1.807, 2.05) is 6.07 Å². The molecule has 3 aromatic rings.